The number of hydrogen-bond donors (Lipinski definition) is 1. The van der Waals surface area contributed by atoms with E-state index in [0.29, 0.717) is 0 Å². The van der Waals surface area contributed by atoms with Crippen molar-refractivity contribution < 1.29 is 0 Å². The standard InChI is InChI=1S/C15H22N2/c16-14(9-12-5-2-1-3-6-12)11-17-8-4-7-13-10-15(13)17/h1-3,5-6,13-15H,4,7-11,16H2. The van der Waals surface area contributed by atoms with E-state index in [1.165, 1.54) is 31.4 Å². The summed E-state index contributed by atoms with van der Waals surface area (Å²) in [4.78, 5) is 2.63. The second-order valence-corrected chi connectivity index (χ2v) is 5.65. The summed E-state index contributed by atoms with van der Waals surface area (Å²) in [7, 11) is 0. The quantitative estimate of drug-likeness (QED) is 0.857. The van der Waals surface area contributed by atoms with Gasteiger partial charge in [0.1, 0.15) is 0 Å². The number of fused-ring (bicyclic) bond motifs is 1. The molecule has 2 aliphatic rings. The van der Waals surface area contributed by atoms with E-state index in [1.54, 1.807) is 0 Å². The predicted molar refractivity (Wildman–Crippen MR) is 70.8 cm³/mol. The van der Waals surface area contributed by atoms with Crippen LogP contribution in [-0.2, 0) is 6.42 Å². The molecule has 1 aromatic carbocycles. The molecule has 2 heteroatoms. The van der Waals surface area contributed by atoms with E-state index in [-0.39, 0.29) is 6.04 Å². The molecule has 1 saturated heterocycles. The zero-order valence-electron chi connectivity index (χ0n) is 10.4. The van der Waals surface area contributed by atoms with Gasteiger partial charge in [-0.2, -0.15) is 0 Å². The van der Waals surface area contributed by atoms with Crippen molar-refractivity contribution >= 4 is 0 Å². The lowest BCUT2D eigenvalue weighted by Crippen LogP contribution is -2.42. The van der Waals surface area contributed by atoms with Crippen LogP contribution in [0.3, 0.4) is 0 Å². The van der Waals surface area contributed by atoms with Crippen LogP contribution in [0.25, 0.3) is 0 Å². The molecule has 92 valence electrons. The van der Waals surface area contributed by atoms with Crippen LogP contribution in [-0.4, -0.2) is 30.1 Å². The Hall–Kier alpha value is -0.860. The molecule has 3 unspecified atom stereocenters. The molecule has 17 heavy (non-hydrogen) atoms. The minimum atomic E-state index is 0.289. The highest BCUT2D eigenvalue weighted by atomic mass is 15.2. The minimum Gasteiger partial charge on any atom is -0.326 e. The Labute approximate surface area is 104 Å². The van der Waals surface area contributed by atoms with Gasteiger partial charge in [0.2, 0.25) is 0 Å². The monoisotopic (exact) mass is 230 g/mol. The number of hydrogen-bond acceptors (Lipinski definition) is 2. The molecular weight excluding hydrogens is 208 g/mol. The molecule has 3 atom stereocenters. The first-order valence-corrected chi connectivity index (χ1v) is 6.86. The first-order valence-electron chi connectivity index (χ1n) is 6.86. The highest BCUT2D eigenvalue weighted by Gasteiger charge is 2.43. The summed E-state index contributed by atoms with van der Waals surface area (Å²) >= 11 is 0. The highest BCUT2D eigenvalue weighted by molar-refractivity contribution is 5.16. The van der Waals surface area contributed by atoms with Crippen molar-refractivity contribution in [1.82, 2.24) is 4.90 Å². The summed E-state index contributed by atoms with van der Waals surface area (Å²) in [6.07, 6.45) is 5.26. The summed E-state index contributed by atoms with van der Waals surface area (Å²) in [6.45, 7) is 2.35. The Kier molecular flexibility index (Phi) is 3.17. The van der Waals surface area contributed by atoms with E-state index >= 15 is 0 Å². The Bertz CT molecular complexity index is 362. The SMILES string of the molecule is NC(Cc1ccccc1)CN1CCCC2CC21. The van der Waals surface area contributed by atoms with Crippen LogP contribution in [0.15, 0.2) is 30.3 Å². The molecule has 2 nitrogen and oxygen atoms in total. The summed E-state index contributed by atoms with van der Waals surface area (Å²) in [5.41, 5.74) is 7.64. The van der Waals surface area contributed by atoms with Crippen molar-refractivity contribution in [1.29, 1.82) is 0 Å². The lowest BCUT2D eigenvalue weighted by molar-refractivity contribution is 0.202. The van der Waals surface area contributed by atoms with E-state index in [4.69, 9.17) is 5.73 Å². The maximum atomic E-state index is 6.28. The largest absolute Gasteiger partial charge is 0.326 e. The van der Waals surface area contributed by atoms with Crippen LogP contribution in [0.4, 0.5) is 0 Å². The Morgan fingerprint density at radius 1 is 1.29 bits per heavy atom. The molecule has 1 aliphatic carbocycles. The van der Waals surface area contributed by atoms with Gasteiger partial charge in [0.25, 0.3) is 0 Å². The zero-order valence-corrected chi connectivity index (χ0v) is 10.4. The zero-order chi connectivity index (χ0) is 11.7. The van der Waals surface area contributed by atoms with Gasteiger partial charge >= 0.3 is 0 Å². The van der Waals surface area contributed by atoms with Crippen LogP contribution in [0.5, 0.6) is 0 Å². The summed E-state index contributed by atoms with van der Waals surface area (Å²) in [5, 5.41) is 0. The minimum absolute atomic E-state index is 0.289. The Balaban J connectivity index is 1.51. The fraction of sp³-hybridized carbons (Fsp3) is 0.600. The smallest absolute Gasteiger partial charge is 0.0208 e. The van der Waals surface area contributed by atoms with Crippen LogP contribution in [0, 0.1) is 5.92 Å². The number of benzene rings is 1. The second kappa shape index (κ2) is 4.79. The molecule has 1 aliphatic heterocycles. The first-order chi connectivity index (χ1) is 8.33. The van der Waals surface area contributed by atoms with E-state index < -0.39 is 0 Å². The number of rotatable bonds is 4. The normalized spacial score (nSPS) is 29.7. The van der Waals surface area contributed by atoms with Crippen LogP contribution < -0.4 is 5.73 Å². The van der Waals surface area contributed by atoms with Gasteiger partial charge in [-0.25, -0.2) is 0 Å². The van der Waals surface area contributed by atoms with Gasteiger partial charge in [0.15, 0.2) is 0 Å². The lowest BCUT2D eigenvalue weighted by Gasteiger charge is -2.29. The van der Waals surface area contributed by atoms with Crippen molar-refractivity contribution in [2.75, 3.05) is 13.1 Å². The molecule has 1 aromatic rings. The lowest BCUT2D eigenvalue weighted by atomic mass is 10.0. The molecule has 3 rings (SSSR count). The van der Waals surface area contributed by atoms with Gasteiger partial charge in [-0.05, 0) is 43.7 Å². The van der Waals surface area contributed by atoms with Gasteiger partial charge in [-0.3, -0.25) is 4.90 Å². The van der Waals surface area contributed by atoms with Gasteiger partial charge < -0.3 is 5.73 Å². The van der Waals surface area contributed by atoms with E-state index in [9.17, 15) is 0 Å². The molecule has 2 N–H and O–H groups in total. The van der Waals surface area contributed by atoms with Crippen molar-refractivity contribution in [2.45, 2.75) is 37.8 Å². The molecule has 0 amide bonds. The summed E-state index contributed by atoms with van der Waals surface area (Å²) in [6, 6.07) is 11.8. The number of nitrogens with zero attached hydrogens (tertiary/aromatic N) is 1. The Morgan fingerprint density at radius 2 is 2.12 bits per heavy atom. The van der Waals surface area contributed by atoms with Gasteiger partial charge in [0, 0.05) is 18.6 Å². The van der Waals surface area contributed by atoms with Crippen LogP contribution in [0.2, 0.25) is 0 Å². The average Bonchev–Trinajstić information content (AvgIpc) is 3.10. The fourth-order valence-electron chi connectivity index (χ4n) is 3.22. The fourth-order valence-corrected chi connectivity index (χ4v) is 3.22. The van der Waals surface area contributed by atoms with E-state index in [1.807, 2.05) is 0 Å². The van der Waals surface area contributed by atoms with Crippen LogP contribution in [0.1, 0.15) is 24.8 Å². The summed E-state index contributed by atoms with van der Waals surface area (Å²) < 4.78 is 0. The third-order valence-electron chi connectivity index (χ3n) is 4.18. The molecule has 0 aromatic heterocycles. The number of likely N-dealkylation sites (tertiary alicyclic amines) is 1. The molecule has 1 heterocycles. The van der Waals surface area contributed by atoms with Gasteiger partial charge in [-0.1, -0.05) is 30.3 Å². The van der Waals surface area contributed by atoms with E-state index in [0.717, 1.165) is 24.9 Å². The number of piperidine rings is 1. The van der Waals surface area contributed by atoms with Crippen molar-refractivity contribution in [3.63, 3.8) is 0 Å². The molecule has 2 fully saturated rings. The van der Waals surface area contributed by atoms with E-state index in [2.05, 4.69) is 35.2 Å². The van der Waals surface area contributed by atoms with Crippen molar-refractivity contribution in [3.05, 3.63) is 35.9 Å². The highest BCUT2D eigenvalue weighted by Crippen LogP contribution is 2.42. The van der Waals surface area contributed by atoms with Crippen molar-refractivity contribution in [3.8, 4) is 0 Å². The van der Waals surface area contributed by atoms with Crippen molar-refractivity contribution in [2.24, 2.45) is 11.7 Å². The topological polar surface area (TPSA) is 29.3 Å². The average molecular weight is 230 g/mol. The molecule has 0 spiro atoms. The third-order valence-corrected chi connectivity index (χ3v) is 4.18. The van der Waals surface area contributed by atoms with Crippen LogP contribution >= 0.6 is 0 Å². The maximum Gasteiger partial charge on any atom is 0.0208 e. The Morgan fingerprint density at radius 3 is 2.94 bits per heavy atom. The molecular formula is C15H22N2. The number of nitrogens with two attached hydrogens (primary N) is 1. The predicted octanol–water partition coefficient (Wildman–Crippen LogP) is 2.04. The van der Waals surface area contributed by atoms with Gasteiger partial charge in [-0.15, -0.1) is 0 Å². The summed E-state index contributed by atoms with van der Waals surface area (Å²) in [5.74, 6) is 1.01. The molecule has 1 saturated carbocycles. The van der Waals surface area contributed by atoms with Gasteiger partial charge in [0.05, 0.1) is 0 Å². The first kappa shape index (κ1) is 11.2. The third kappa shape index (κ3) is 2.70. The second-order valence-electron chi connectivity index (χ2n) is 5.65. The maximum absolute atomic E-state index is 6.28. The molecule has 0 bridgehead atoms. The molecule has 0 radical (unpaired) electrons.